The van der Waals surface area contributed by atoms with Crippen LogP contribution in [0.25, 0.3) is 0 Å². The molecule has 1 aromatic carbocycles. The summed E-state index contributed by atoms with van der Waals surface area (Å²) in [6.07, 6.45) is 0.431. The number of nitrogens with one attached hydrogen (secondary N) is 1. The first kappa shape index (κ1) is 14.8. The molecule has 21 heavy (non-hydrogen) atoms. The topological polar surface area (TPSA) is 68.4 Å². The maximum absolute atomic E-state index is 12.1. The minimum atomic E-state index is -0.315. The molecule has 5 nitrogen and oxygen atoms in total. The minimum absolute atomic E-state index is 0.00382. The van der Waals surface area contributed by atoms with Gasteiger partial charge in [-0.2, -0.15) is 0 Å². The van der Waals surface area contributed by atoms with Gasteiger partial charge in [0.15, 0.2) is 5.78 Å². The average Bonchev–Trinajstić information content (AvgIpc) is 2.94. The van der Waals surface area contributed by atoms with E-state index in [0.29, 0.717) is 11.3 Å². The first-order valence-electron chi connectivity index (χ1n) is 6.53. The van der Waals surface area contributed by atoms with Crippen LogP contribution in [-0.4, -0.2) is 31.0 Å². The largest absolute Gasteiger partial charge is 0.497 e. The van der Waals surface area contributed by atoms with Crippen molar-refractivity contribution in [1.29, 1.82) is 0 Å². The van der Waals surface area contributed by atoms with Gasteiger partial charge in [-0.3, -0.25) is 9.59 Å². The van der Waals surface area contributed by atoms with Crippen LogP contribution in [0.4, 0.5) is 0 Å². The molecule has 2 rings (SSSR count). The molecule has 5 heteroatoms. The van der Waals surface area contributed by atoms with Gasteiger partial charge >= 0.3 is 5.97 Å². The number of benzene rings is 1. The monoisotopic (exact) mass is 287 g/mol. The molecule has 0 unspecified atom stereocenters. The predicted octanol–water partition coefficient (Wildman–Crippen LogP) is 2.16. The quantitative estimate of drug-likeness (QED) is 0.653. The normalized spacial score (nSPS) is 10.2. The molecule has 0 atom stereocenters. The lowest BCUT2D eigenvalue weighted by atomic mass is 10.1. The average molecular weight is 287 g/mol. The van der Waals surface area contributed by atoms with Gasteiger partial charge in [0.25, 0.3) is 0 Å². The van der Waals surface area contributed by atoms with E-state index in [9.17, 15) is 9.59 Å². The van der Waals surface area contributed by atoms with E-state index in [0.717, 1.165) is 11.4 Å². The fourth-order valence-electron chi connectivity index (χ4n) is 1.98. The Hall–Kier alpha value is -2.56. The number of aromatic amines is 1. The number of methoxy groups -OCH3 is 2. The predicted molar refractivity (Wildman–Crippen MR) is 77.5 cm³/mol. The van der Waals surface area contributed by atoms with Gasteiger partial charge in [-0.15, -0.1) is 0 Å². The summed E-state index contributed by atoms with van der Waals surface area (Å²) in [7, 11) is 2.93. The molecule has 110 valence electrons. The smallest absolute Gasteiger partial charge is 0.311 e. The van der Waals surface area contributed by atoms with E-state index in [2.05, 4.69) is 9.72 Å². The van der Waals surface area contributed by atoms with E-state index >= 15 is 0 Å². The van der Waals surface area contributed by atoms with Crippen molar-refractivity contribution < 1.29 is 19.1 Å². The van der Waals surface area contributed by atoms with Crippen LogP contribution in [0.5, 0.6) is 5.75 Å². The molecule has 0 aliphatic carbocycles. The fourth-order valence-corrected chi connectivity index (χ4v) is 1.98. The minimum Gasteiger partial charge on any atom is -0.497 e. The summed E-state index contributed by atoms with van der Waals surface area (Å²) in [4.78, 5) is 26.4. The van der Waals surface area contributed by atoms with Gasteiger partial charge in [-0.25, -0.2) is 0 Å². The van der Waals surface area contributed by atoms with Crippen molar-refractivity contribution in [3.63, 3.8) is 0 Å². The van der Waals surface area contributed by atoms with Gasteiger partial charge in [0, 0.05) is 17.0 Å². The molecular formula is C16H17NO4. The molecule has 0 saturated heterocycles. The maximum atomic E-state index is 12.1. The Labute approximate surface area is 122 Å². The number of aromatic nitrogens is 1. The highest BCUT2D eigenvalue weighted by Gasteiger charge is 2.10. The van der Waals surface area contributed by atoms with Crippen molar-refractivity contribution in [2.45, 2.75) is 12.8 Å². The molecule has 0 bridgehead atoms. The second kappa shape index (κ2) is 6.74. The summed E-state index contributed by atoms with van der Waals surface area (Å²) in [6, 6.07) is 10.6. The van der Waals surface area contributed by atoms with E-state index in [1.165, 1.54) is 7.11 Å². The van der Waals surface area contributed by atoms with Crippen LogP contribution in [0.1, 0.15) is 21.7 Å². The Morgan fingerprint density at radius 3 is 2.14 bits per heavy atom. The number of rotatable bonds is 6. The van der Waals surface area contributed by atoms with Crippen LogP contribution < -0.4 is 4.74 Å². The molecule has 0 radical (unpaired) electrons. The number of ether oxygens (including phenoxy) is 2. The summed E-state index contributed by atoms with van der Waals surface area (Å²) in [5.74, 6) is 0.404. The lowest BCUT2D eigenvalue weighted by molar-refractivity contribution is -0.139. The van der Waals surface area contributed by atoms with E-state index in [4.69, 9.17) is 4.74 Å². The molecule has 0 aliphatic heterocycles. The van der Waals surface area contributed by atoms with Gasteiger partial charge in [-0.05, 0) is 36.4 Å². The summed E-state index contributed by atoms with van der Waals surface area (Å²) >= 11 is 0. The van der Waals surface area contributed by atoms with Crippen molar-refractivity contribution in [1.82, 2.24) is 4.98 Å². The van der Waals surface area contributed by atoms with Crippen molar-refractivity contribution in [3.8, 4) is 5.75 Å². The van der Waals surface area contributed by atoms with Gasteiger partial charge in [0.05, 0.1) is 27.1 Å². The summed E-state index contributed by atoms with van der Waals surface area (Å²) in [5, 5.41) is 0. The van der Waals surface area contributed by atoms with Crippen LogP contribution in [0.15, 0.2) is 36.4 Å². The summed E-state index contributed by atoms with van der Waals surface area (Å²) in [6.45, 7) is 0. The second-order valence-electron chi connectivity index (χ2n) is 4.59. The van der Waals surface area contributed by atoms with Crippen LogP contribution in [0.3, 0.4) is 0 Å². The molecule has 2 aromatic rings. The number of carbonyl (C=O) groups is 2. The maximum Gasteiger partial charge on any atom is 0.311 e. The first-order valence-corrected chi connectivity index (χ1v) is 6.53. The summed E-state index contributed by atoms with van der Waals surface area (Å²) in [5.41, 5.74) is 2.13. The molecule has 0 aliphatic rings. The third kappa shape index (κ3) is 3.95. The summed E-state index contributed by atoms with van der Waals surface area (Å²) < 4.78 is 9.65. The number of hydrogen-bond acceptors (Lipinski definition) is 4. The number of hydrogen-bond donors (Lipinski definition) is 1. The molecule has 1 N–H and O–H groups in total. The molecule has 1 aromatic heterocycles. The van der Waals surface area contributed by atoms with Crippen LogP contribution in [0.2, 0.25) is 0 Å². The Morgan fingerprint density at radius 2 is 1.57 bits per heavy atom. The van der Waals surface area contributed by atoms with Gasteiger partial charge in [0.2, 0.25) is 0 Å². The molecule has 0 amide bonds. The molecule has 0 spiro atoms. The van der Waals surface area contributed by atoms with Crippen LogP contribution in [0, 0.1) is 0 Å². The SMILES string of the molecule is COC(=O)Cc1ccc(CC(=O)c2ccc(OC)cc2)[nH]1. The van der Waals surface area contributed by atoms with Gasteiger partial charge in [-0.1, -0.05) is 0 Å². The number of H-pyrrole nitrogens is 1. The van der Waals surface area contributed by atoms with Crippen LogP contribution >= 0.6 is 0 Å². The zero-order chi connectivity index (χ0) is 15.2. The second-order valence-corrected chi connectivity index (χ2v) is 4.59. The number of carbonyl (C=O) groups excluding carboxylic acids is 2. The fraction of sp³-hybridized carbons (Fsp3) is 0.250. The standard InChI is InChI=1S/C16H17NO4/c1-20-14-7-3-11(4-8-14)15(18)9-12-5-6-13(17-12)10-16(19)21-2/h3-8,17H,9-10H2,1-2H3. The highest BCUT2D eigenvalue weighted by atomic mass is 16.5. The number of Topliss-reactive ketones (excluding diaryl/α,β-unsaturated/α-hetero) is 1. The molecule has 0 fully saturated rings. The van der Waals surface area contributed by atoms with E-state index in [1.54, 1.807) is 43.5 Å². The molecule has 0 saturated carbocycles. The van der Waals surface area contributed by atoms with Gasteiger partial charge in [0.1, 0.15) is 5.75 Å². The van der Waals surface area contributed by atoms with Gasteiger partial charge < -0.3 is 14.5 Å². The number of esters is 1. The number of ketones is 1. The van der Waals surface area contributed by atoms with Crippen molar-refractivity contribution in [2.75, 3.05) is 14.2 Å². The van der Waals surface area contributed by atoms with E-state index in [1.807, 2.05) is 0 Å². The zero-order valence-electron chi connectivity index (χ0n) is 12.0. The highest BCUT2D eigenvalue weighted by molar-refractivity contribution is 5.97. The third-order valence-corrected chi connectivity index (χ3v) is 3.13. The van der Waals surface area contributed by atoms with Crippen molar-refractivity contribution in [3.05, 3.63) is 53.3 Å². The molecule has 1 heterocycles. The molecular weight excluding hydrogens is 270 g/mol. The lowest BCUT2D eigenvalue weighted by Gasteiger charge is -2.02. The third-order valence-electron chi connectivity index (χ3n) is 3.13. The lowest BCUT2D eigenvalue weighted by Crippen LogP contribution is -2.06. The van der Waals surface area contributed by atoms with Crippen molar-refractivity contribution in [2.24, 2.45) is 0 Å². The van der Waals surface area contributed by atoms with Crippen molar-refractivity contribution >= 4 is 11.8 Å². The first-order chi connectivity index (χ1) is 10.1. The Kier molecular flexibility index (Phi) is 4.77. The Bertz CT molecular complexity index is 628. The van der Waals surface area contributed by atoms with E-state index < -0.39 is 0 Å². The van der Waals surface area contributed by atoms with E-state index in [-0.39, 0.29) is 24.6 Å². The highest BCUT2D eigenvalue weighted by Crippen LogP contribution is 2.14. The Balaban J connectivity index is 2.00. The Morgan fingerprint density at radius 1 is 0.952 bits per heavy atom. The van der Waals surface area contributed by atoms with Crippen LogP contribution in [-0.2, 0) is 22.4 Å². The zero-order valence-corrected chi connectivity index (χ0v) is 12.0.